The topological polar surface area (TPSA) is 60.4 Å². The molecule has 0 aliphatic heterocycles. The van der Waals surface area contributed by atoms with Crippen LogP contribution in [0.25, 0.3) is 10.9 Å². The molecule has 166 valence electrons. The number of hydrogen-bond donors (Lipinski definition) is 3. The van der Waals surface area contributed by atoms with Gasteiger partial charge in [0.2, 0.25) is 0 Å². The Labute approximate surface area is 182 Å². The fraction of sp³-hybridized carbons (Fsp3) is 0.640. The summed E-state index contributed by atoms with van der Waals surface area (Å²) in [6.07, 6.45) is 10.3. The van der Waals surface area contributed by atoms with Crippen LogP contribution in [0.4, 0.5) is 11.5 Å². The van der Waals surface area contributed by atoms with Crippen LogP contribution >= 0.6 is 0 Å². The first kappa shape index (κ1) is 22.7. The highest BCUT2D eigenvalue weighted by Crippen LogP contribution is 2.29. The summed E-state index contributed by atoms with van der Waals surface area (Å²) in [6, 6.07) is 7.68. The summed E-state index contributed by atoms with van der Waals surface area (Å²) in [6.45, 7) is 9.80. The lowest BCUT2D eigenvalue weighted by Crippen LogP contribution is -2.23. The van der Waals surface area contributed by atoms with E-state index in [0.29, 0.717) is 0 Å². The molecule has 1 saturated carbocycles. The number of nitrogens with zero attached hydrogens (tertiary/aromatic N) is 2. The van der Waals surface area contributed by atoms with Crippen molar-refractivity contribution in [3.63, 3.8) is 0 Å². The minimum atomic E-state index is 0.288. The molecule has 1 heterocycles. The summed E-state index contributed by atoms with van der Waals surface area (Å²) in [7, 11) is 0. The van der Waals surface area contributed by atoms with Gasteiger partial charge in [0.15, 0.2) is 0 Å². The number of phenols is 1. The highest BCUT2D eigenvalue weighted by atomic mass is 16.3. The van der Waals surface area contributed by atoms with E-state index >= 15 is 0 Å². The van der Waals surface area contributed by atoms with Gasteiger partial charge in [-0.1, -0.05) is 39.5 Å². The molecule has 3 rings (SSSR count). The Kier molecular flexibility index (Phi) is 9.06. The molecule has 1 aliphatic rings. The van der Waals surface area contributed by atoms with Crippen LogP contribution in [0.15, 0.2) is 24.3 Å². The van der Waals surface area contributed by atoms with Gasteiger partial charge in [0.05, 0.1) is 11.2 Å². The molecule has 1 aliphatic carbocycles. The average molecular weight is 413 g/mol. The molecule has 5 heteroatoms. The molecule has 0 spiro atoms. The predicted molar refractivity (Wildman–Crippen MR) is 129 cm³/mol. The van der Waals surface area contributed by atoms with Gasteiger partial charge in [0, 0.05) is 24.5 Å². The number of fused-ring (bicyclic) bond motifs is 1. The van der Waals surface area contributed by atoms with Crippen molar-refractivity contribution in [3.05, 3.63) is 24.3 Å². The third kappa shape index (κ3) is 6.76. The number of anilines is 2. The molecule has 0 amide bonds. The van der Waals surface area contributed by atoms with Crippen LogP contribution in [0.5, 0.6) is 5.75 Å². The molecular formula is C25H40N4O. The van der Waals surface area contributed by atoms with Crippen LogP contribution in [-0.4, -0.2) is 47.7 Å². The summed E-state index contributed by atoms with van der Waals surface area (Å²) >= 11 is 0. The van der Waals surface area contributed by atoms with Crippen molar-refractivity contribution in [1.29, 1.82) is 0 Å². The lowest BCUT2D eigenvalue weighted by atomic mass is 9.89. The average Bonchev–Trinajstić information content (AvgIpc) is 2.78. The van der Waals surface area contributed by atoms with E-state index < -0.39 is 0 Å². The second-order valence-corrected chi connectivity index (χ2v) is 8.66. The minimum Gasteiger partial charge on any atom is -0.508 e. The van der Waals surface area contributed by atoms with E-state index in [1.807, 2.05) is 6.07 Å². The van der Waals surface area contributed by atoms with E-state index in [0.717, 1.165) is 60.9 Å². The monoisotopic (exact) mass is 412 g/mol. The maximum atomic E-state index is 10.1. The van der Waals surface area contributed by atoms with Gasteiger partial charge in [0.25, 0.3) is 0 Å². The van der Waals surface area contributed by atoms with Crippen LogP contribution in [0.3, 0.4) is 0 Å². The van der Waals surface area contributed by atoms with Crippen LogP contribution in [-0.2, 0) is 0 Å². The second-order valence-electron chi connectivity index (χ2n) is 8.66. The number of aromatic hydroxyl groups is 1. The lowest BCUT2D eigenvalue weighted by molar-refractivity contribution is 0.296. The number of phenolic OH excluding ortho intramolecular Hbond substituents is 1. The van der Waals surface area contributed by atoms with Crippen LogP contribution in [0.1, 0.15) is 65.2 Å². The second kappa shape index (κ2) is 12.0. The predicted octanol–water partition coefficient (Wildman–Crippen LogP) is 5.86. The van der Waals surface area contributed by atoms with Crippen LogP contribution in [0, 0.1) is 5.92 Å². The fourth-order valence-electron chi connectivity index (χ4n) is 4.49. The molecule has 0 unspecified atom stereocenters. The Hall–Kier alpha value is -2.01. The molecule has 1 aromatic carbocycles. The van der Waals surface area contributed by atoms with Gasteiger partial charge >= 0.3 is 0 Å². The van der Waals surface area contributed by atoms with Gasteiger partial charge in [0.1, 0.15) is 11.6 Å². The summed E-state index contributed by atoms with van der Waals surface area (Å²) in [5.41, 5.74) is 1.86. The van der Waals surface area contributed by atoms with Gasteiger partial charge in [-0.15, -0.1) is 0 Å². The lowest BCUT2D eigenvalue weighted by Gasteiger charge is -2.22. The number of unbranched alkanes of at least 4 members (excludes halogenated alkanes) is 2. The Morgan fingerprint density at radius 3 is 2.57 bits per heavy atom. The first-order valence-electron chi connectivity index (χ1n) is 12.0. The summed E-state index contributed by atoms with van der Waals surface area (Å²) < 4.78 is 0. The smallest absolute Gasteiger partial charge is 0.126 e. The third-order valence-corrected chi connectivity index (χ3v) is 6.43. The van der Waals surface area contributed by atoms with Gasteiger partial charge in [-0.05, 0) is 69.4 Å². The summed E-state index contributed by atoms with van der Waals surface area (Å²) in [5, 5.41) is 18.2. The minimum absolute atomic E-state index is 0.288. The van der Waals surface area contributed by atoms with E-state index in [9.17, 15) is 5.11 Å². The molecule has 0 radical (unpaired) electrons. The number of nitrogens with one attached hydrogen (secondary N) is 2. The quantitative estimate of drug-likeness (QED) is 0.381. The standard InChI is InChI=1S/C25H40N4O/c1-3-29(4-2)16-10-6-9-15-26-23-18-22(30)17-21-13-14-24(28-25(21)23)27-19-20-11-7-5-8-12-20/h13-14,17-18,20,26,30H,3-12,15-16,19H2,1-2H3,(H,27,28). The van der Waals surface area contributed by atoms with Crippen molar-refractivity contribution in [2.45, 2.75) is 65.2 Å². The molecule has 2 aromatic rings. The zero-order valence-corrected chi connectivity index (χ0v) is 18.9. The zero-order chi connectivity index (χ0) is 21.2. The van der Waals surface area contributed by atoms with E-state index in [2.05, 4.69) is 35.4 Å². The Morgan fingerprint density at radius 2 is 1.80 bits per heavy atom. The Bertz CT molecular complexity index is 769. The maximum Gasteiger partial charge on any atom is 0.126 e. The number of aromatic nitrogens is 1. The highest BCUT2D eigenvalue weighted by molar-refractivity contribution is 5.92. The Morgan fingerprint density at radius 1 is 1.00 bits per heavy atom. The molecule has 0 bridgehead atoms. The number of rotatable bonds is 12. The summed E-state index contributed by atoms with van der Waals surface area (Å²) in [5.74, 6) is 1.99. The van der Waals surface area contributed by atoms with Gasteiger partial charge < -0.3 is 20.6 Å². The normalized spacial score (nSPS) is 15.0. The van der Waals surface area contributed by atoms with Crippen molar-refractivity contribution in [2.75, 3.05) is 43.4 Å². The Balaban J connectivity index is 1.55. The van der Waals surface area contributed by atoms with Crippen LogP contribution in [0.2, 0.25) is 0 Å². The van der Waals surface area contributed by atoms with Gasteiger partial charge in [-0.3, -0.25) is 0 Å². The zero-order valence-electron chi connectivity index (χ0n) is 18.9. The molecule has 0 atom stereocenters. The van der Waals surface area contributed by atoms with Gasteiger partial charge in [-0.25, -0.2) is 4.98 Å². The van der Waals surface area contributed by atoms with Gasteiger partial charge in [-0.2, -0.15) is 0 Å². The highest BCUT2D eigenvalue weighted by Gasteiger charge is 2.13. The molecule has 3 N–H and O–H groups in total. The van der Waals surface area contributed by atoms with E-state index in [4.69, 9.17) is 4.98 Å². The van der Waals surface area contributed by atoms with Crippen molar-refractivity contribution in [1.82, 2.24) is 9.88 Å². The molecule has 1 fully saturated rings. The summed E-state index contributed by atoms with van der Waals surface area (Å²) in [4.78, 5) is 7.34. The SMILES string of the molecule is CCN(CC)CCCCCNc1cc(O)cc2ccc(NCC3CCCCC3)nc12. The number of pyridine rings is 1. The molecule has 30 heavy (non-hydrogen) atoms. The maximum absolute atomic E-state index is 10.1. The first-order valence-corrected chi connectivity index (χ1v) is 12.0. The van der Waals surface area contributed by atoms with E-state index in [1.54, 1.807) is 12.1 Å². The fourth-order valence-corrected chi connectivity index (χ4v) is 4.49. The molecule has 0 saturated heterocycles. The number of benzene rings is 1. The van der Waals surface area contributed by atoms with Crippen molar-refractivity contribution in [3.8, 4) is 5.75 Å². The molecular weight excluding hydrogens is 372 g/mol. The molecule has 1 aromatic heterocycles. The van der Waals surface area contributed by atoms with Crippen molar-refractivity contribution in [2.24, 2.45) is 5.92 Å². The van der Waals surface area contributed by atoms with E-state index in [1.165, 1.54) is 51.5 Å². The number of hydrogen-bond acceptors (Lipinski definition) is 5. The van der Waals surface area contributed by atoms with Crippen LogP contribution < -0.4 is 10.6 Å². The third-order valence-electron chi connectivity index (χ3n) is 6.43. The van der Waals surface area contributed by atoms with Crippen molar-refractivity contribution < 1.29 is 5.11 Å². The molecule has 5 nitrogen and oxygen atoms in total. The van der Waals surface area contributed by atoms with Crippen molar-refractivity contribution >= 4 is 22.4 Å². The van der Waals surface area contributed by atoms with E-state index in [-0.39, 0.29) is 5.75 Å². The first-order chi connectivity index (χ1) is 14.7. The largest absolute Gasteiger partial charge is 0.508 e.